The van der Waals surface area contributed by atoms with E-state index in [1.165, 1.54) is 17.0 Å². The van der Waals surface area contributed by atoms with Crippen molar-refractivity contribution in [2.24, 2.45) is 0 Å². The maximum atomic E-state index is 12.8. The third-order valence-electron chi connectivity index (χ3n) is 7.10. The van der Waals surface area contributed by atoms with E-state index in [1.807, 2.05) is 37.3 Å². The number of nitrogens with zero attached hydrogens (tertiary/aromatic N) is 2. The van der Waals surface area contributed by atoms with Crippen LogP contribution in [0.25, 0.3) is 0 Å². The standard InChI is InChI=1S/C34H44N2O15/c1-8-35(20-48-21(2)16-25-12-10-9-11-13-25)34(41)47-18-26-14-15-28(27(17-26)36(42)43)46-19-29(49-22(3)37)30(50-23(4)38)31(51-24(5)39)32(44-6)33(40)45-7/h9-15,17,21,29-32H,8,16,18-20H2,1-7H3/t21?,29-,30?,31?,32?/m1/s1. The number of benzene rings is 2. The van der Waals surface area contributed by atoms with Crippen LogP contribution in [0.4, 0.5) is 10.5 Å². The molecule has 0 bridgehead atoms. The molecule has 2 aromatic carbocycles. The number of hydrogen-bond acceptors (Lipinski definition) is 15. The first kappa shape index (κ1) is 41.9. The van der Waals surface area contributed by atoms with Crippen LogP contribution in [0.5, 0.6) is 5.75 Å². The molecule has 0 aliphatic carbocycles. The molecule has 0 saturated carbocycles. The van der Waals surface area contributed by atoms with Crippen LogP contribution in [-0.4, -0.2) is 104 Å². The van der Waals surface area contributed by atoms with Crippen molar-refractivity contribution >= 4 is 35.7 Å². The van der Waals surface area contributed by atoms with Gasteiger partial charge in [-0.15, -0.1) is 0 Å². The minimum Gasteiger partial charge on any atom is -0.483 e. The van der Waals surface area contributed by atoms with Gasteiger partial charge in [-0.1, -0.05) is 36.4 Å². The highest BCUT2D eigenvalue weighted by Crippen LogP contribution is 2.30. The van der Waals surface area contributed by atoms with Gasteiger partial charge in [0.25, 0.3) is 0 Å². The summed E-state index contributed by atoms with van der Waals surface area (Å²) >= 11 is 0. The van der Waals surface area contributed by atoms with Crippen molar-refractivity contribution in [2.75, 3.05) is 34.1 Å². The number of carbonyl (C=O) groups is 5. The maximum absolute atomic E-state index is 12.8. The van der Waals surface area contributed by atoms with Gasteiger partial charge in [0.2, 0.25) is 0 Å². The quantitative estimate of drug-likeness (QED) is 0.0631. The molecule has 0 aliphatic heterocycles. The summed E-state index contributed by atoms with van der Waals surface area (Å²) in [5.41, 5.74) is 0.794. The van der Waals surface area contributed by atoms with Crippen LogP contribution in [-0.2, 0) is 65.4 Å². The average Bonchev–Trinajstić information content (AvgIpc) is 3.08. The third kappa shape index (κ3) is 13.9. The zero-order valence-electron chi connectivity index (χ0n) is 29.6. The van der Waals surface area contributed by atoms with Gasteiger partial charge in [-0.3, -0.25) is 29.4 Å². The van der Waals surface area contributed by atoms with E-state index in [9.17, 15) is 34.1 Å². The number of amides is 1. The minimum absolute atomic E-state index is 0.0306. The number of methoxy groups -OCH3 is 2. The number of hydrogen-bond donors (Lipinski definition) is 0. The predicted molar refractivity (Wildman–Crippen MR) is 176 cm³/mol. The Labute approximate surface area is 295 Å². The molecule has 0 N–H and O–H groups in total. The van der Waals surface area contributed by atoms with Crippen LogP contribution in [0.1, 0.15) is 45.7 Å². The van der Waals surface area contributed by atoms with E-state index >= 15 is 0 Å². The van der Waals surface area contributed by atoms with E-state index in [1.54, 1.807) is 6.92 Å². The Morgan fingerprint density at radius 3 is 2.04 bits per heavy atom. The van der Waals surface area contributed by atoms with Crippen LogP contribution >= 0.6 is 0 Å². The lowest BCUT2D eigenvalue weighted by Gasteiger charge is -2.34. The topological polar surface area (TPSA) is 206 Å². The second-order valence-electron chi connectivity index (χ2n) is 11.1. The normalized spacial score (nSPS) is 13.7. The summed E-state index contributed by atoms with van der Waals surface area (Å²) in [6, 6.07) is 13.5. The Morgan fingerprint density at radius 1 is 0.863 bits per heavy atom. The van der Waals surface area contributed by atoms with Gasteiger partial charge in [0.1, 0.15) is 19.9 Å². The van der Waals surface area contributed by atoms with Gasteiger partial charge in [-0.2, -0.15) is 0 Å². The molecule has 5 atom stereocenters. The molecular weight excluding hydrogens is 676 g/mol. The van der Waals surface area contributed by atoms with Gasteiger partial charge >= 0.3 is 35.7 Å². The summed E-state index contributed by atoms with van der Waals surface area (Å²) < 4.78 is 42.6. The Balaban J connectivity index is 2.22. The lowest BCUT2D eigenvalue weighted by Crippen LogP contribution is -2.55. The molecule has 4 unspecified atom stereocenters. The highest BCUT2D eigenvalue weighted by atomic mass is 16.6. The summed E-state index contributed by atoms with van der Waals surface area (Å²) in [4.78, 5) is 74.1. The fraction of sp³-hybridized carbons (Fsp3) is 0.500. The average molecular weight is 721 g/mol. The van der Waals surface area contributed by atoms with Gasteiger partial charge in [-0.25, -0.2) is 9.59 Å². The van der Waals surface area contributed by atoms with Gasteiger partial charge in [-0.05, 0) is 37.5 Å². The maximum Gasteiger partial charge on any atom is 0.411 e. The molecule has 51 heavy (non-hydrogen) atoms. The largest absolute Gasteiger partial charge is 0.483 e. The number of ether oxygens (including phenoxy) is 8. The molecule has 0 aliphatic rings. The zero-order chi connectivity index (χ0) is 38.1. The molecule has 1 amide bonds. The molecular formula is C34H44N2O15. The summed E-state index contributed by atoms with van der Waals surface area (Å²) in [7, 11) is 2.14. The van der Waals surface area contributed by atoms with Crippen LogP contribution in [0.2, 0.25) is 0 Å². The van der Waals surface area contributed by atoms with Crippen LogP contribution in [0, 0.1) is 10.1 Å². The summed E-state index contributed by atoms with van der Waals surface area (Å²) in [6.45, 7) is 5.94. The smallest absolute Gasteiger partial charge is 0.411 e. The first-order valence-electron chi connectivity index (χ1n) is 15.8. The molecule has 0 spiro atoms. The molecule has 17 heteroatoms. The predicted octanol–water partition coefficient (Wildman–Crippen LogP) is 3.52. The van der Waals surface area contributed by atoms with E-state index in [0.29, 0.717) is 6.42 Å². The highest BCUT2D eigenvalue weighted by Gasteiger charge is 2.46. The van der Waals surface area contributed by atoms with Gasteiger partial charge < -0.3 is 37.9 Å². The summed E-state index contributed by atoms with van der Waals surface area (Å²) in [6.07, 6.45) is -6.88. The molecule has 0 fully saturated rings. The Hall–Kier alpha value is -5.29. The highest BCUT2D eigenvalue weighted by molar-refractivity contribution is 5.77. The fourth-order valence-corrected chi connectivity index (χ4v) is 4.75. The monoisotopic (exact) mass is 720 g/mol. The SMILES string of the molecule is CCN(COC(C)Cc1ccccc1)C(=O)OCc1ccc(OC[C@@H](OC(C)=O)C(OC(C)=O)C(OC(C)=O)C(OC)C(=O)OC)c([N+](=O)[O-])c1. The molecule has 0 saturated heterocycles. The molecule has 2 aromatic rings. The number of rotatable bonds is 20. The van der Waals surface area contributed by atoms with E-state index in [4.69, 9.17) is 37.9 Å². The van der Waals surface area contributed by atoms with Crippen LogP contribution in [0.3, 0.4) is 0 Å². The van der Waals surface area contributed by atoms with Crippen LogP contribution < -0.4 is 4.74 Å². The molecule has 17 nitrogen and oxygen atoms in total. The number of nitro groups is 1. The van der Waals surface area contributed by atoms with E-state index < -0.39 is 71.6 Å². The molecule has 280 valence electrons. The number of carbonyl (C=O) groups excluding carboxylic acids is 5. The van der Waals surface area contributed by atoms with Crippen molar-refractivity contribution in [3.05, 3.63) is 69.8 Å². The molecule has 0 radical (unpaired) electrons. The Bertz CT molecular complexity index is 1490. The van der Waals surface area contributed by atoms with Crippen molar-refractivity contribution in [3.8, 4) is 5.75 Å². The first-order chi connectivity index (χ1) is 24.2. The van der Waals surface area contributed by atoms with Gasteiger partial charge in [0.05, 0.1) is 18.1 Å². The van der Waals surface area contributed by atoms with Crippen molar-refractivity contribution < 1.29 is 66.8 Å². The summed E-state index contributed by atoms with van der Waals surface area (Å²) in [5, 5.41) is 12.0. The molecule has 2 rings (SSSR count). The zero-order valence-corrected chi connectivity index (χ0v) is 29.6. The third-order valence-corrected chi connectivity index (χ3v) is 7.10. The van der Waals surface area contributed by atoms with E-state index in [-0.39, 0.29) is 37.3 Å². The lowest BCUT2D eigenvalue weighted by atomic mass is 10.0. The summed E-state index contributed by atoms with van der Waals surface area (Å²) in [5.74, 6) is -4.04. The Kier molecular flexibility index (Phi) is 17.3. The van der Waals surface area contributed by atoms with Crippen molar-refractivity contribution in [1.82, 2.24) is 4.90 Å². The van der Waals surface area contributed by atoms with Crippen molar-refractivity contribution in [1.29, 1.82) is 0 Å². The lowest BCUT2D eigenvalue weighted by molar-refractivity contribution is -0.386. The van der Waals surface area contributed by atoms with Crippen molar-refractivity contribution in [2.45, 2.75) is 78.2 Å². The molecule has 0 heterocycles. The second-order valence-corrected chi connectivity index (χ2v) is 11.1. The second kappa shape index (κ2) is 21.0. The molecule has 0 aromatic heterocycles. The van der Waals surface area contributed by atoms with Crippen LogP contribution in [0.15, 0.2) is 48.5 Å². The fourth-order valence-electron chi connectivity index (χ4n) is 4.75. The van der Waals surface area contributed by atoms with Gasteiger partial charge in [0, 0.05) is 40.5 Å². The number of esters is 4. The Morgan fingerprint density at radius 2 is 1.49 bits per heavy atom. The van der Waals surface area contributed by atoms with Gasteiger partial charge in [0.15, 0.2) is 30.2 Å². The minimum atomic E-state index is -1.70. The first-order valence-corrected chi connectivity index (χ1v) is 15.8. The number of nitro benzene ring substituents is 1. The van der Waals surface area contributed by atoms with E-state index in [0.717, 1.165) is 46.6 Å². The van der Waals surface area contributed by atoms with E-state index in [2.05, 4.69) is 0 Å². The van der Waals surface area contributed by atoms with Crippen molar-refractivity contribution in [3.63, 3.8) is 0 Å².